The van der Waals surface area contributed by atoms with E-state index in [0.29, 0.717) is 11.6 Å². The molecule has 0 radical (unpaired) electrons. The minimum atomic E-state index is -0.0724. The number of nitrogens with zero attached hydrogens (tertiary/aromatic N) is 3. The fourth-order valence-electron chi connectivity index (χ4n) is 2.54. The first-order valence-corrected chi connectivity index (χ1v) is 7.62. The smallest absolute Gasteiger partial charge is 0.225 e. The number of carbonyl (C=O) groups is 1. The highest BCUT2D eigenvalue weighted by atomic mass is 32.1. The maximum absolute atomic E-state index is 12.2. The molecule has 114 valence electrons. The number of thiazole rings is 1. The molecule has 0 spiro atoms. The zero-order valence-electron chi connectivity index (χ0n) is 13.0. The van der Waals surface area contributed by atoms with Gasteiger partial charge in [-0.05, 0) is 27.7 Å². The van der Waals surface area contributed by atoms with Crippen LogP contribution in [0.15, 0.2) is 0 Å². The summed E-state index contributed by atoms with van der Waals surface area (Å²) in [5.41, 5.74) is 9.57. The van der Waals surface area contributed by atoms with Crippen molar-refractivity contribution in [3.63, 3.8) is 0 Å². The standard InChI is InChI=1S/C14H21N5OS/c1-7-11(21-14(15)17-7)6-12(20)16-8(2)13-9(3)18-19(5)10(13)4/h8H,6H2,1-5H3,(H2,15,17)(H,16,20). The molecule has 2 rings (SSSR count). The Morgan fingerprint density at radius 1 is 1.38 bits per heavy atom. The lowest BCUT2D eigenvalue weighted by molar-refractivity contribution is -0.121. The molecule has 0 aliphatic rings. The number of aryl methyl sites for hydroxylation is 3. The van der Waals surface area contributed by atoms with E-state index in [0.717, 1.165) is 27.5 Å². The molecule has 2 aromatic heterocycles. The molecule has 0 saturated heterocycles. The number of nitrogens with one attached hydrogen (secondary N) is 1. The lowest BCUT2D eigenvalue weighted by atomic mass is 10.1. The van der Waals surface area contributed by atoms with Gasteiger partial charge >= 0.3 is 0 Å². The molecule has 0 aliphatic carbocycles. The maximum atomic E-state index is 12.2. The number of amides is 1. The highest BCUT2D eigenvalue weighted by molar-refractivity contribution is 7.15. The number of carbonyl (C=O) groups excluding carboxylic acids is 1. The van der Waals surface area contributed by atoms with Crippen LogP contribution in [0.3, 0.4) is 0 Å². The minimum absolute atomic E-state index is 0.0306. The van der Waals surface area contributed by atoms with Crippen LogP contribution >= 0.6 is 11.3 Å². The second-order valence-electron chi connectivity index (χ2n) is 5.23. The van der Waals surface area contributed by atoms with Gasteiger partial charge in [0.25, 0.3) is 0 Å². The molecule has 3 N–H and O–H groups in total. The molecule has 7 heteroatoms. The van der Waals surface area contributed by atoms with Crippen molar-refractivity contribution in [1.82, 2.24) is 20.1 Å². The van der Waals surface area contributed by atoms with Crippen molar-refractivity contribution in [2.45, 2.75) is 40.2 Å². The fraction of sp³-hybridized carbons (Fsp3) is 0.500. The summed E-state index contributed by atoms with van der Waals surface area (Å²) >= 11 is 1.37. The Morgan fingerprint density at radius 3 is 2.52 bits per heavy atom. The average Bonchev–Trinajstić information content (AvgIpc) is 2.79. The van der Waals surface area contributed by atoms with Crippen LogP contribution < -0.4 is 11.1 Å². The summed E-state index contributed by atoms with van der Waals surface area (Å²) in [5, 5.41) is 7.91. The van der Waals surface area contributed by atoms with Gasteiger partial charge in [-0.25, -0.2) is 4.98 Å². The first-order valence-electron chi connectivity index (χ1n) is 6.80. The molecule has 1 atom stereocenters. The first kappa shape index (κ1) is 15.5. The summed E-state index contributed by atoms with van der Waals surface area (Å²) in [6.07, 6.45) is 0.309. The Balaban J connectivity index is 2.07. The number of aromatic nitrogens is 3. The predicted molar refractivity (Wildman–Crippen MR) is 84.2 cm³/mol. The molecule has 0 saturated carbocycles. The zero-order valence-corrected chi connectivity index (χ0v) is 13.8. The van der Waals surface area contributed by atoms with E-state index >= 15 is 0 Å². The van der Waals surface area contributed by atoms with E-state index in [9.17, 15) is 4.79 Å². The molecule has 1 unspecified atom stereocenters. The van der Waals surface area contributed by atoms with Crippen molar-refractivity contribution in [3.8, 4) is 0 Å². The Hall–Kier alpha value is -1.89. The van der Waals surface area contributed by atoms with Crippen LogP contribution in [0.5, 0.6) is 0 Å². The summed E-state index contributed by atoms with van der Waals surface area (Å²) in [4.78, 5) is 17.2. The Morgan fingerprint density at radius 2 is 2.05 bits per heavy atom. The molecular weight excluding hydrogens is 286 g/mol. The van der Waals surface area contributed by atoms with Crippen LogP contribution in [0.2, 0.25) is 0 Å². The molecule has 0 aliphatic heterocycles. The van der Waals surface area contributed by atoms with E-state index < -0.39 is 0 Å². The zero-order chi connectivity index (χ0) is 15.7. The minimum Gasteiger partial charge on any atom is -0.375 e. The number of nitrogens with two attached hydrogens (primary N) is 1. The molecule has 21 heavy (non-hydrogen) atoms. The molecule has 2 heterocycles. The molecule has 6 nitrogen and oxygen atoms in total. The van der Waals surface area contributed by atoms with Gasteiger partial charge in [0.15, 0.2) is 5.13 Å². The highest BCUT2D eigenvalue weighted by Crippen LogP contribution is 2.22. The number of hydrogen-bond acceptors (Lipinski definition) is 5. The molecule has 0 bridgehead atoms. The van der Waals surface area contributed by atoms with Gasteiger partial charge in [0.05, 0.1) is 23.9 Å². The van der Waals surface area contributed by atoms with Crippen molar-refractivity contribution in [2.24, 2.45) is 7.05 Å². The summed E-state index contributed by atoms with van der Waals surface area (Å²) in [6.45, 7) is 7.81. The normalized spacial score (nSPS) is 12.4. The monoisotopic (exact) mass is 307 g/mol. The Bertz CT molecular complexity index is 673. The van der Waals surface area contributed by atoms with Crippen LogP contribution in [-0.2, 0) is 18.3 Å². The van der Waals surface area contributed by atoms with E-state index in [-0.39, 0.29) is 11.9 Å². The number of nitrogen functional groups attached to an aromatic ring is 1. The second kappa shape index (κ2) is 5.85. The van der Waals surface area contributed by atoms with Gasteiger partial charge in [-0.2, -0.15) is 5.10 Å². The van der Waals surface area contributed by atoms with Gasteiger partial charge in [0, 0.05) is 23.2 Å². The summed E-state index contributed by atoms with van der Waals surface area (Å²) in [6, 6.07) is -0.0724. The fourth-order valence-corrected chi connectivity index (χ4v) is 3.37. The first-order chi connectivity index (χ1) is 9.79. The average molecular weight is 307 g/mol. The predicted octanol–water partition coefficient (Wildman–Crippen LogP) is 1.80. The van der Waals surface area contributed by atoms with Crippen molar-refractivity contribution >= 4 is 22.4 Å². The quantitative estimate of drug-likeness (QED) is 0.902. The summed E-state index contributed by atoms with van der Waals surface area (Å²) in [7, 11) is 1.91. The Labute approximate surface area is 128 Å². The van der Waals surface area contributed by atoms with Crippen molar-refractivity contribution in [2.75, 3.05) is 5.73 Å². The lowest BCUT2D eigenvalue weighted by Gasteiger charge is -2.14. The van der Waals surface area contributed by atoms with E-state index in [1.165, 1.54) is 11.3 Å². The summed E-state index contributed by atoms with van der Waals surface area (Å²) in [5.74, 6) is -0.0306. The van der Waals surface area contributed by atoms with Crippen LogP contribution in [-0.4, -0.2) is 20.7 Å². The van der Waals surface area contributed by atoms with Crippen LogP contribution in [0, 0.1) is 20.8 Å². The van der Waals surface area contributed by atoms with Crippen molar-refractivity contribution < 1.29 is 4.79 Å². The van der Waals surface area contributed by atoms with Gasteiger partial charge in [-0.15, -0.1) is 11.3 Å². The van der Waals surface area contributed by atoms with Gasteiger partial charge in [-0.3, -0.25) is 9.48 Å². The van der Waals surface area contributed by atoms with Gasteiger partial charge in [-0.1, -0.05) is 0 Å². The maximum Gasteiger partial charge on any atom is 0.225 e. The van der Waals surface area contributed by atoms with E-state index in [1.807, 2.05) is 39.4 Å². The third-order valence-corrected chi connectivity index (χ3v) is 4.59. The van der Waals surface area contributed by atoms with E-state index in [4.69, 9.17) is 5.73 Å². The van der Waals surface area contributed by atoms with Gasteiger partial charge in [0.1, 0.15) is 0 Å². The van der Waals surface area contributed by atoms with Gasteiger partial charge in [0.2, 0.25) is 5.91 Å². The van der Waals surface area contributed by atoms with Crippen LogP contribution in [0.4, 0.5) is 5.13 Å². The third kappa shape index (κ3) is 3.24. The third-order valence-electron chi connectivity index (χ3n) is 3.61. The van der Waals surface area contributed by atoms with E-state index in [2.05, 4.69) is 15.4 Å². The Kier molecular flexibility index (Phi) is 4.32. The lowest BCUT2D eigenvalue weighted by Crippen LogP contribution is -2.28. The van der Waals surface area contributed by atoms with E-state index in [1.54, 1.807) is 0 Å². The summed E-state index contributed by atoms with van der Waals surface area (Å²) < 4.78 is 1.83. The highest BCUT2D eigenvalue weighted by Gasteiger charge is 2.19. The SMILES string of the molecule is Cc1nc(N)sc1CC(=O)NC(C)c1c(C)nn(C)c1C. The molecule has 0 fully saturated rings. The van der Waals surface area contributed by atoms with Crippen molar-refractivity contribution in [3.05, 3.63) is 27.5 Å². The number of anilines is 1. The molecule has 2 aromatic rings. The van der Waals surface area contributed by atoms with Crippen molar-refractivity contribution in [1.29, 1.82) is 0 Å². The molecular formula is C14H21N5OS. The number of hydrogen-bond donors (Lipinski definition) is 2. The molecule has 0 aromatic carbocycles. The molecule has 1 amide bonds. The largest absolute Gasteiger partial charge is 0.375 e. The van der Waals surface area contributed by atoms with Crippen LogP contribution in [0.1, 0.15) is 40.5 Å². The second-order valence-corrected chi connectivity index (χ2v) is 6.35. The van der Waals surface area contributed by atoms with Crippen LogP contribution in [0.25, 0.3) is 0 Å². The number of rotatable bonds is 4. The van der Waals surface area contributed by atoms with Gasteiger partial charge < -0.3 is 11.1 Å². The topological polar surface area (TPSA) is 85.8 Å².